The van der Waals surface area contributed by atoms with Crippen LogP contribution in [0.15, 0.2) is 76.0 Å². The van der Waals surface area contributed by atoms with Gasteiger partial charge in [-0.2, -0.15) is 0 Å². The number of hydrogen-bond donors (Lipinski definition) is 4. The summed E-state index contributed by atoms with van der Waals surface area (Å²) >= 11 is 19.6. The van der Waals surface area contributed by atoms with Crippen molar-refractivity contribution in [3.05, 3.63) is 92.9 Å². The standard InChI is InChI=1S/C34H36Cl3N7O/c1-20-4-2-7-29(27-14-21(11-13-40-27)32(42-24-5-3-6-24)28(16-38)43-33(20)45)44-18-22-10-12-34(22,30(36)19-44)25-15-23(35)8-9-26(25)41-17-31(37)39/h8-9,11,13-17,19-20,22,24,29,41H,2-7,18,38-39H2,1H3,(H,43,45)/b28-16?,31-17-,42-32?/t20-,22?,29+,34?/m1/s1. The Hall–Kier alpha value is -3.64. The highest BCUT2D eigenvalue weighted by Gasteiger charge is 2.51. The maximum absolute atomic E-state index is 13.2. The highest BCUT2D eigenvalue weighted by Crippen LogP contribution is 2.52. The Bertz CT molecular complexity index is 1680. The number of nitrogens with one attached hydrogen (secondary N) is 2. The highest BCUT2D eigenvalue weighted by atomic mass is 35.5. The smallest absolute Gasteiger partial charge is 0.227 e. The average Bonchev–Trinajstić information content (AvgIpc) is 2.98. The summed E-state index contributed by atoms with van der Waals surface area (Å²) < 4.78 is 0. The second kappa shape index (κ2) is 13.0. The molecular formula is C34H36Cl3N7O. The number of anilines is 1. The minimum absolute atomic E-state index is 0.0634. The van der Waals surface area contributed by atoms with Crippen molar-refractivity contribution in [1.82, 2.24) is 15.2 Å². The summed E-state index contributed by atoms with van der Waals surface area (Å²) in [5.41, 5.74) is 15.7. The number of amides is 1. The summed E-state index contributed by atoms with van der Waals surface area (Å²) in [7, 11) is 0. The molecule has 3 heterocycles. The largest absolute Gasteiger partial charge is 0.403 e. The Balaban J connectivity index is 1.40. The lowest BCUT2D eigenvalue weighted by molar-refractivity contribution is -0.123. The molecule has 6 rings (SSSR count). The molecule has 4 atom stereocenters. The van der Waals surface area contributed by atoms with Crippen molar-refractivity contribution < 1.29 is 4.79 Å². The van der Waals surface area contributed by atoms with Gasteiger partial charge in [0.25, 0.3) is 0 Å². The van der Waals surface area contributed by atoms with Crippen molar-refractivity contribution in [2.75, 3.05) is 11.9 Å². The maximum Gasteiger partial charge on any atom is 0.227 e. The van der Waals surface area contributed by atoms with E-state index in [2.05, 4.69) is 33.4 Å². The van der Waals surface area contributed by atoms with Crippen molar-refractivity contribution in [3.8, 4) is 11.8 Å². The van der Waals surface area contributed by atoms with Gasteiger partial charge in [0.05, 0.1) is 40.1 Å². The Morgan fingerprint density at radius 2 is 2.00 bits per heavy atom. The van der Waals surface area contributed by atoms with E-state index in [9.17, 15) is 4.79 Å². The van der Waals surface area contributed by atoms with Crippen molar-refractivity contribution in [3.63, 3.8) is 0 Å². The van der Waals surface area contributed by atoms with Gasteiger partial charge in [0, 0.05) is 59.1 Å². The fraction of sp³-hybridized carbons (Fsp3) is 0.382. The number of carbonyl (C=O) groups is 1. The molecular weight excluding hydrogens is 629 g/mol. The molecule has 1 aromatic carbocycles. The molecule has 2 aromatic rings. The first kappa shape index (κ1) is 31.3. The number of fused-ring (bicyclic) bond motifs is 3. The second-order valence-corrected chi connectivity index (χ2v) is 13.4. The summed E-state index contributed by atoms with van der Waals surface area (Å²) in [5, 5.41) is 7.54. The number of hydrogen-bond acceptors (Lipinski definition) is 7. The van der Waals surface area contributed by atoms with Gasteiger partial charge in [-0.1, -0.05) is 60.0 Å². The van der Waals surface area contributed by atoms with Crippen LogP contribution < -0.4 is 22.1 Å². The topological polar surface area (TPSA) is 122 Å². The summed E-state index contributed by atoms with van der Waals surface area (Å²) in [4.78, 5) is 25.3. The number of nitrogens with two attached hydrogens (primary N) is 2. The van der Waals surface area contributed by atoms with E-state index >= 15 is 0 Å². The van der Waals surface area contributed by atoms with Crippen molar-refractivity contribution in [2.24, 2.45) is 28.3 Å². The zero-order valence-corrected chi connectivity index (χ0v) is 27.3. The number of pyridine rings is 1. The van der Waals surface area contributed by atoms with Crippen LogP contribution >= 0.6 is 34.8 Å². The van der Waals surface area contributed by atoms with Gasteiger partial charge in [-0.05, 0) is 62.4 Å². The molecule has 1 saturated carbocycles. The molecule has 2 aliphatic carbocycles. The van der Waals surface area contributed by atoms with Crippen LogP contribution in [0.5, 0.6) is 0 Å². The van der Waals surface area contributed by atoms with E-state index in [4.69, 9.17) is 56.2 Å². The molecule has 6 N–H and O–H groups in total. The number of carbonyl (C=O) groups excluding carboxylic acids is 1. The van der Waals surface area contributed by atoms with Gasteiger partial charge in [-0.15, -0.1) is 0 Å². The van der Waals surface area contributed by atoms with E-state index in [1.807, 2.05) is 31.3 Å². The monoisotopic (exact) mass is 663 g/mol. The predicted molar refractivity (Wildman–Crippen MR) is 181 cm³/mol. The number of aliphatic imine (C=N–C) groups is 1. The highest BCUT2D eigenvalue weighted by molar-refractivity contribution is 6.32. The van der Waals surface area contributed by atoms with Gasteiger partial charge in [0.1, 0.15) is 10.6 Å². The number of allylic oxidation sites excluding steroid dienone is 2. The third kappa shape index (κ3) is 6.14. The molecule has 0 saturated heterocycles. The van der Waals surface area contributed by atoms with Gasteiger partial charge >= 0.3 is 0 Å². The third-order valence-electron chi connectivity index (χ3n) is 9.21. The first-order valence-corrected chi connectivity index (χ1v) is 16.4. The molecule has 2 unspecified atom stereocenters. The first-order chi connectivity index (χ1) is 21.7. The SMILES string of the molecule is C[C@@H]1CCC[C@H](N2C=C(Cl)C3(c4cc(Cl)ccc4N/C=C(\N)Cl)C#CC3C2)c2cc(ccn2)C(=NC2CCC2)C(=CN)NC1=O. The molecule has 2 bridgehead atoms. The average molecular weight is 665 g/mol. The van der Waals surface area contributed by atoms with Crippen LogP contribution in [0.3, 0.4) is 0 Å². The summed E-state index contributed by atoms with van der Waals surface area (Å²) in [6, 6.07) is 9.69. The van der Waals surface area contributed by atoms with Crippen LogP contribution in [0.1, 0.15) is 68.3 Å². The summed E-state index contributed by atoms with van der Waals surface area (Å²) in [6.45, 7) is 2.58. The van der Waals surface area contributed by atoms with Crippen LogP contribution in [0.25, 0.3) is 0 Å². The number of benzene rings is 1. The second-order valence-electron chi connectivity index (χ2n) is 12.1. The lowest BCUT2D eigenvalue weighted by Crippen LogP contribution is -2.50. The maximum atomic E-state index is 13.2. The Morgan fingerprint density at radius 3 is 2.67 bits per heavy atom. The molecule has 0 radical (unpaired) electrons. The fourth-order valence-corrected chi connectivity index (χ4v) is 7.03. The molecule has 4 aliphatic rings. The Morgan fingerprint density at radius 1 is 1.20 bits per heavy atom. The van der Waals surface area contributed by atoms with Crippen LogP contribution in [0, 0.1) is 23.7 Å². The van der Waals surface area contributed by atoms with Gasteiger partial charge in [0.15, 0.2) is 0 Å². The lowest BCUT2D eigenvalue weighted by Gasteiger charge is -2.48. The molecule has 2 aliphatic heterocycles. The molecule has 45 heavy (non-hydrogen) atoms. The van der Waals surface area contributed by atoms with E-state index in [0.717, 1.165) is 54.6 Å². The van der Waals surface area contributed by atoms with Gasteiger partial charge in [-0.3, -0.25) is 14.8 Å². The fourth-order valence-electron chi connectivity index (χ4n) is 6.40. The van der Waals surface area contributed by atoms with E-state index in [1.165, 1.54) is 12.4 Å². The lowest BCUT2D eigenvalue weighted by atomic mass is 9.63. The van der Waals surface area contributed by atoms with Gasteiger partial charge in [-0.25, -0.2) is 0 Å². The third-order valence-corrected chi connectivity index (χ3v) is 9.95. The normalized spacial score (nSPS) is 28.8. The molecule has 11 heteroatoms. The van der Waals surface area contributed by atoms with Crippen molar-refractivity contribution in [1.29, 1.82) is 0 Å². The van der Waals surface area contributed by atoms with E-state index in [-0.39, 0.29) is 35.0 Å². The van der Waals surface area contributed by atoms with E-state index in [1.54, 1.807) is 12.3 Å². The molecule has 1 fully saturated rings. The van der Waals surface area contributed by atoms with E-state index in [0.29, 0.717) is 34.4 Å². The van der Waals surface area contributed by atoms with Crippen LogP contribution in [-0.2, 0) is 10.2 Å². The Labute approximate surface area is 279 Å². The zero-order valence-electron chi connectivity index (χ0n) is 25.0. The van der Waals surface area contributed by atoms with Crippen LogP contribution in [0.2, 0.25) is 5.02 Å². The predicted octanol–water partition coefficient (Wildman–Crippen LogP) is 6.23. The number of aromatic nitrogens is 1. The quantitative estimate of drug-likeness (QED) is 0.222. The minimum atomic E-state index is -0.725. The summed E-state index contributed by atoms with van der Waals surface area (Å²) in [6.07, 6.45) is 12.3. The molecule has 1 amide bonds. The van der Waals surface area contributed by atoms with Gasteiger partial charge < -0.3 is 27.0 Å². The number of rotatable bonds is 5. The number of halogens is 3. The van der Waals surface area contributed by atoms with Gasteiger partial charge in [0.2, 0.25) is 5.91 Å². The zero-order chi connectivity index (χ0) is 31.7. The van der Waals surface area contributed by atoms with Crippen molar-refractivity contribution >= 4 is 52.1 Å². The molecule has 1 aromatic heterocycles. The number of nitrogens with zero attached hydrogens (tertiary/aromatic N) is 3. The van der Waals surface area contributed by atoms with Crippen molar-refractivity contribution in [2.45, 2.75) is 62.9 Å². The molecule has 8 nitrogen and oxygen atoms in total. The summed E-state index contributed by atoms with van der Waals surface area (Å²) in [5.74, 6) is 6.38. The van der Waals surface area contributed by atoms with Crippen LogP contribution in [0.4, 0.5) is 5.69 Å². The molecule has 0 spiro atoms. The Kier molecular flexibility index (Phi) is 9.05. The van der Waals surface area contributed by atoms with Crippen LogP contribution in [-0.4, -0.2) is 34.1 Å². The molecule has 234 valence electrons. The first-order valence-electron chi connectivity index (χ1n) is 15.3. The van der Waals surface area contributed by atoms with E-state index < -0.39 is 5.41 Å². The minimum Gasteiger partial charge on any atom is -0.403 e.